The van der Waals surface area contributed by atoms with Crippen LogP contribution in [0.2, 0.25) is 0 Å². The number of nitrogen functional groups attached to an aromatic ring is 1. The van der Waals surface area contributed by atoms with Gasteiger partial charge in [0, 0.05) is 6.26 Å². The molecule has 0 aromatic carbocycles. The van der Waals surface area contributed by atoms with Crippen molar-refractivity contribution in [2.24, 2.45) is 0 Å². The molecule has 1 aromatic rings. The summed E-state index contributed by atoms with van der Waals surface area (Å²) in [6, 6.07) is 0. The van der Waals surface area contributed by atoms with E-state index in [0.29, 0.717) is 0 Å². The lowest BCUT2D eigenvalue weighted by Crippen LogP contribution is -2.14. The number of anilines is 1. The molecule has 0 amide bonds. The third kappa shape index (κ3) is 1.42. The molecule has 8 heteroatoms. The first-order valence-corrected chi connectivity index (χ1v) is 4.72. The largest absolute Gasteiger partial charge is 0.380 e. The lowest BCUT2D eigenvalue weighted by molar-refractivity contribution is 0.107. The summed E-state index contributed by atoms with van der Waals surface area (Å²) in [5.74, 6) is -0.217. The fourth-order valence-corrected chi connectivity index (χ4v) is 1.07. The third-order valence-corrected chi connectivity index (χ3v) is 1.97. The minimum atomic E-state index is -3.79. The molecule has 0 saturated carbocycles. The van der Waals surface area contributed by atoms with Gasteiger partial charge in [0.05, 0.1) is 0 Å². The van der Waals surface area contributed by atoms with E-state index in [4.69, 9.17) is 5.73 Å². The van der Waals surface area contributed by atoms with Crippen LogP contribution in [0, 0.1) is 0 Å². The van der Waals surface area contributed by atoms with Gasteiger partial charge in [-0.15, -0.1) is 10.2 Å². The molecule has 0 radical (unpaired) electrons. The maximum Gasteiger partial charge on any atom is 0.300 e. The maximum atomic E-state index is 11.0. The van der Waals surface area contributed by atoms with E-state index in [1.54, 1.807) is 0 Å². The van der Waals surface area contributed by atoms with Crippen LogP contribution in [-0.2, 0) is 9.84 Å². The summed E-state index contributed by atoms with van der Waals surface area (Å²) in [5, 5.41) is 7.51. The average Bonchev–Trinajstić information content (AvgIpc) is 2.31. The molecule has 0 fully saturated rings. The molecule has 3 N–H and O–H groups in total. The number of nitrogens with one attached hydrogen (secondary N) is 1. The van der Waals surface area contributed by atoms with E-state index in [2.05, 4.69) is 10.2 Å². The van der Waals surface area contributed by atoms with Crippen LogP contribution in [0.25, 0.3) is 0 Å². The van der Waals surface area contributed by atoms with Crippen molar-refractivity contribution in [2.45, 2.75) is 0 Å². The van der Waals surface area contributed by atoms with Crippen LogP contribution in [0.4, 0.5) is 5.82 Å². The van der Waals surface area contributed by atoms with Gasteiger partial charge in [0.15, 0.2) is 11.5 Å². The first kappa shape index (κ1) is 8.65. The van der Waals surface area contributed by atoms with Gasteiger partial charge in [-0.25, -0.2) is 8.42 Å². The summed E-state index contributed by atoms with van der Waals surface area (Å²) in [5.41, 5.74) is 4.78. The highest BCUT2D eigenvalue weighted by atomic mass is 32.2. The van der Waals surface area contributed by atoms with Gasteiger partial charge in [-0.2, -0.15) is 5.21 Å². The first-order valence-electron chi connectivity index (χ1n) is 2.83. The van der Waals surface area contributed by atoms with E-state index < -0.39 is 15.0 Å². The number of nitrogens with two attached hydrogens (primary N) is 1. The van der Waals surface area contributed by atoms with Crippen molar-refractivity contribution in [3.63, 3.8) is 0 Å². The average molecular weight is 190 g/mol. The van der Waals surface area contributed by atoms with Crippen molar-refractivity contribution >= 4 is 20.8 Å². The lowest BCUT2D eigenvalue weighted by Gasteiger charge is -1.91. The van der Waals surface area contributed by atoms with Crippen LogP contribution in [0.3, 0.4) is 0 Å². The predicted octanol–water partition coefficient (Wildman–Crippen LogP) is -1.43. The monoisotopic (exact) mass is 190 g/mol. The van der Waals surface area contributed by atoms with E-state index in [1.807, 2.05) is 5.21 Å². The van der Waals surface area contributed by atoms with E-state index in [0.717, 1.165) is 6.26 Å². The number of H-pyrrole nitrogens is 1. The standard InChI is InChI=1S/C4H6N4O3S/c1-12(10,11)4(9)2-3(5)7-8-6-2/h1H3,(H3,5,6,7,8). The fourth-order valence-electron chi connectivity index (χ4n) is 0.565. The van der Waals surface area contributed by atoms with Crippen molar-refractivity contribution in [3.8, 4) is 0 Å². The van der Waals surface area contributed by atoms with Crippen LogP contribution >= 0.6 is 0 Å². The van der Waals surface area contributed by atoms with Gasteiger partial charge in [0.1, 0.15) is 0 Å². The van der Waals surface area contributed by atoms with Gasteiger partial charge in [0.2, 0.25) is 9.84 Å². The second-order valence-electron chi connectivity index (χ2n) is 2.12. The van der Waals surface area contributed by atoms with E-state index >= 15 is 0 Å². The quantitative estimate of drug-likeness (QED) is 0.560. The van der Waals surface area contributed by atoms with Gasteiger partial charge < -0.3 is 5.73 Å². The van der Waals surface area contributed by atoms with Gasteiger partial charge in [0.25, 0.3) is 5.12 Å². The highest BCUT2D eigenvalue weighted by Gasteiger charge is 2.23. The third-order valence-electron chi connectivity index (χ3n) is 1.10. The highest BCUT2D eigenvalue weighted by Crippen LogP contribution is 2.06. The molecule has 0 unspecified atom stereocenters. The van der Waals surface area contributed by atoms with Crippen molar-refractivity contribution in [3.05, 3.63) is 5.69 Å². The van der Waals surface area contributed by atoms with E-state index in [-0.39, 0.29) is 11.5 Å². The van der Waals surface area contributed by atoms with Crippen LogP contribution in [0.1, 0.15) is 10.5 Å². The SMILES string of the molecule is CS(=O)(=O)C(=O)c1n[nH]nc1N. The highest BCUT2D eigenvalue weighted by molar-refractivity contribution is 8.06. The molecule has 0 bridgehead atoms. The fraction of sp³-hybridized carbons (Fsp3) is 0.250. The zero-order chi connectivity index (χ0) is 9.35. The first-order chi connectivity index (χ1) is 5.43. The van der Waals surface area contributed by atoms with Gasteiger partial charge in [-0.3, -0.25) is 4.79 Å². The predicted molar refractivity (Wildman–Crippen MR) is 40.0 cm³/mol. The minimum Gasteiger partial charge on any atom is -0.380 e. The van der Waals surface area contributed by atoms with Crippen LogP contribution in [0.15, 0.2) is 0 Å². The molecule has 0 aliphatic rings. The summed E-state index contributed by atoms with van der Waals surface area (Å²) >= 11 is 0. The summed E-state index contributed by atoms with van der Waals surface area (Å²) in [6.07, 6.45) is 0.781. The number of rotatable bonds is 1. The number of carbonyl (C=O) groups is 1. The maximum absolute atomic E-state index is 11.0. The molecule has 66 valence electrons. The molecular formula is C4H6N4O3S. The lowest BCUT2D eigenvalue weighted by atomic mass is 10.5. The molecule has 7 nitrogen and oxygen atoms in total. The van der Waals surface area contributed by atoms with Gasteiger partial charge in [-0.1, -0.05) is 0 Å². The Morgan fingerprint density at radius 1 is 1.50 bits per heavy atom. The van der Waals surface area contributed by atoms with Gasteiger partial charge >= 0.3 is 0 Å². The topological polar surface area (TPSA) is 119 Å². The Kier molecular flexibility index (Phi) is 1.84. The Morgan fingerprint density at radius 3 is 2.42 bits per heavy atom. The molecule has 1 rings (SSSR count). The van der Waals surface area contributed by atoms with Crippen LogP contribution in [0.5, 0.6) is 0 Å². The van der Waals surface area contributed by atoms with E-state index in [9.17, 15) is 13.2 Å². The summed E-state index contributed by atoms with van der Waals surface area (Å²) in [4.78, 5) is 11.0. The van der Waals surface area contributed by atoms with Crippen LogP contribution in [-0.4, -0.2) is 35.2 Å². The molecule has 12 heavy (non-hydrogen) atoms. The minimum absolute atomic E-state index is 0.217. The van der Waals surface area contributed by atoms with Gasteiger partial charge in [-0.05, 0) is 0 Å². The van der Waals surface area contributed by atoms with Crippen molar-refractivity contribution in [1.82, 2.24) is 15.4 Å². The van der Waals surface area contributed by atoms with Crippen molar-refractivity contribution < 1.29 is 13.2 Å². The summed E-state index contributed by atoms with van der Waals surface area (Å²) in [6.45, 7) is 0. The number of carbonyl (C=O) groups excluding carboxylic acids is 1. The normalized spacial score (nSPS) is 11.4. The molecule has 0 spiro atoms. The zero-order valence-electron chi connectivity index (χ0n) is 6.10. The number of aromatic nitrogens is 3. The Morgan fingerprint density at radius 2 is 2.08 bits per heavy atom. The number of nitrogens with zero attached hydrogens (tertiary/aromatic N) is 2. The summed E-state index contributed by atoms with van der Waals surface area (Å²) < 4.78 is 21.4. The Hall–Kier alpha value is -1.44. The number of aromatic amines is 1. The molecule has 0 aliphatic heterocycles. The number of hydrogen-bond acceptors (Lipinski definition) is 6. The molecule has 0 saturated heterocycles. The Balaban J connectivity index is 3.19. The van der Waals surface area contributed by atoms with E-state index in [1.165, 1.54) is 0 Å². The molecule has 1 aromatic heterocycles. The molecular weight excluding hydrogens is 184 g/mol. The second kappa shape index (κ2) is 2.55. The smallest absolute Gasteiger partial charge is 0.300 e. The van der Waals surface area contributed by atoms with Crippen molar-refractivity contribution in [2.75, 3.05) is 12.0 Å². The Labute approximate surface area is 67.9 Å². The number of sulfone groups is 1. The van der Waals surface area contributed by atoms with Crippen molar-refractivity contribution in [1.29, 1.82) is 0 Å². The van der Waals surface area contributed by atoms with Crippen LogP contribution < -0.4 is 5.73 Å². The molecule has 1 heterocycles. The molecule has 0 atom stereocenters. The number of hydrogen-bond donors (Lipinski definition) is 2. The Bertz CT molecular complexity index is 406. The molecule has 0 aliphatic carbocycles. The zero-order valence-corrected chi connectivity index (χ0v) is 6.92. The second-order valence-corrected chi connectivity index (χ2v) is 4.03. The summed E-state index contributed by atoms with van der Waals surface area (Å²) in [7, 11) is -3.79.